The van der Waals surface area contributed by atoms with Crippen molar-refractivity contribution < 1.29 is 23.4 Å². The third-order valence-corrected chi connectivity index (χ3v) is 6.22. The second kappa shape index (κ2) is 8.68. The molecular weight excluding hydrogens is 421 g/mol. The van der Waals surface area contributed by atoms with Crippen LogP contribution in [0.5, 0.6) is 11.5 Å². The smallest absolute Gasteiger partial charge is 0.231 e. The van der Waals surface area contributed by atoms with E-state index < -0.39 is 0 Å². The first-order chi connectivity index (χ1) is 15.2. The molecule has 0 N–H and O–H groups in total. The summed E-state index contributed by atoms with van der Waals surface area (Å²) in [7, 11) is 0. The van der Waals surface area contributed by atoms with Gasteiger partial charge in [-0.1, -0.05) is 11.8 Å². The Hall–Kier alpha value is -2.91. The van der Waals surface area contributed by atoms with E-state index in [-0.39, 0.29) is 30.3 Å². The van der Waals surface area contributed by atoms with Crippen LogP contribution in [0.1, 0.15) is 23.2 Å². The molecule has 1 saturated heterocycles. The first-order valence-electron chi connectivity index (χ1n) is 10.0. The topological polar surface area (TPSA) is 75.5 Å². The summed E-state index contributed by atoms with van der Waals surface area (Å²) in [6, 6.07) is 11.3. The van der Waals surface area contributed by atoms with Gasteiger partial charge in [0.15, 0.2) is 28.3 Å². The van der Waals surface area contributed by atoms with Gasteiger partial charge < -0.3 is 14.2 Å². The fourth-order valence-corrected chi connectivity index (χ4v) is 4.49. The molecule has 0 bridgehead atoms. The number of aromatic nitrogens is 3. The molecule has 1 atom stereocenters. The predicted molar refractivity (Wildman–Crippen MR) is 112 cm³/mol. The number of Topliss-reactive ketones (excluding diaryl/α,β-unsaturated/α-hetero) is 1. The van der Waals surface area contributed by atoms with Crippen LogP contribution < -0.4 is 9.47 Å². The Balaban J connectivity index is 1.36. The Morgan fingerprint density at radius 1 is 1.13 bits per heavy atom. The fourth-order valence-electron chi connectivity index (χ4n) is 3.65. The average Bonchev–Trinajstić information content (AvgIpc) is 3.54. The molecule has 5 rings (SSSR count). The highest BCUT2D eigenvalue weighted by atomic mass is 32.2. The lowest BCUT2D eigenvalue weighted by atomic mass is 10.1. The van der Waals surface area contributed by atoms with Gasteiger partial charge in [0.05, 0.1) is 18.4 Å². The fraction of sp³-hybridized carbons (Fsp3) is 0.318. The molecule has 3 aromatic rings. The van der Waals surface area contributed by atoms with Gasteiger partial charge in [-0.05, 0) is 55.3 Å². The standard InChI is InChI=1S/C22H20FN3O4S/c23-16-6-3-14(4-7-16)21-24-25-22(26(21)11-17-2-1-9-28-17)31-12-18(27)15-5-8-19-20(10-15)30-13-29-19/h3-8,10,17H,1-2,9,11-13H2/t17-/m1/s1. The molecule has 31 heavy (non-hydrogen) atoms. The normalized spacial score (nSPS) is 17.3. The molecule has 9 heteroatoms. The number of nitrogens with zero attached hydrogens (tertiary/aromatic N) is 3. The van der Waals surface area contributed by atoms with Crippen molar-refractivity contribution in [3.8, 4) is 22.9 Å². The van der Waals surface area contributed by atoms with Crippen molar-refractivity contribution in [1.29, 1.82) is 0 Å². The zero-order chi connectivity index (χ0) is 21.2. The van der Waals surface area contributed by atoms with E-state index in [1.807, 2.05) is 4.57 Å². The molecule has 2 aliphatic heterocycles. The lowest BCUT2D eigenvalue weighted by Crippen LogP contribution is -2.17. The lowest BCUT2D eigenvalue weighted by Gasteiger charge is -2.14. The summed E-state index contributed by atoms with van der Waals surface area (Å²) >= 11 is 1.32. The van der Waals surface area contributed by atoms with Gasteiger partial charge in [0.1, 0.15) is 5.82 Å². The van der Waals surface area contributed by atoms with E-state index in [4.69, 9.17) is 14.2 Å². The second-order valence-electron chi connectivity index (χ2n) is 7.34. The quantitative estimate of drug-likeness (QED) is 0.406. The average molecular weight is 441 g/mol. The number of hydrogen-bond acceptors (Lipinski definition) is 7. The largest absolute Gasteiger partial charge is 0.454 e. The molecule has 0 unspecified atom stereocenters. The van der Waals surface area contributed by atoms with Crippen LogP contribution in [0.4, 0.5) is 4.39 Å². The number of carbonyl (C=O) groups is 1. The van der Waals surface area contributed by atoms with E-state index in [0.717, 1.165) is 25.0 Å². The Morgan fingerprint density at radius 2 is 1.97 bits per heavy atom. The summed E-state index contributed by atoms with van der Waals surface area (Å²) in [5, 5.41) is 9.26. The number of fused-ring (bicyclic) bond motifs is 1. The highest BCUT2D eigenvalue weighted by Crippen LogP contribution is 2.33. The lowest BCUT2D eigenvalue weighted by molar-refractivity contribution is 0.0953. The minimum atomic E-state index is -0.308. The SMILES string of the molecule is O=C(CSc1nnc(-c2ccc(F)cc2)n1C[C@H]1CCCO1)c1ccc2c(c1)OCO2. The first kappa shape index (κ1) is 20.0. The van der Waals surface area contributed by atoms with E-state index in [9.17, 15) is 9.18 Å². The van der Waals surface area contributed by atoms with Gasteiger partial charge in [0.2, 0.25) is 6.79 Å². The molecule has 160 valence electrons. The number of ketones is 1. The Labute approximate surface area is 182 Å². The van der Waals surface area contributed by atoms with Crippen LogP contribution in [0, 0.1) is 5.82 Å². The van der Waals surface area contributed by atoms with E-state index in [0.29, 0.717) is 34.6 Å². The Morgan fingerprint density at radius 3 is 2.77 bits per heavy atom. The van der Waals surface area contributed by atoms with Crippen molar-refractivity contribution in [3.05, 3.63) is 53.8 Å². The molecule has 1 aromatic heterocycles. The summed E-state index contributed by atoms with van der Waals surface area (Å²) in [5.74, 6) is 1.71. The van der Waals surface area contributed by atoms with Gasteiger partial charge in [0.25, 0.3) is 0 Å². The monoisotopic (exact) mass is 441 g/mol. The Bertz CT molecular complexity index is 1100. The van der Waals surface area contributed by atoms with Crippen molar-refractivity contribution >= 4 is 17.5 Å². The summed E-state index contributed by atoms with van der Waals surface area (Å²) < 4.78 is 31.8. The second-order valence-corrected chi connectivity index (χ2v) is 8.28. The summed E-state index contributed by atoms with van der Waals surface area (Å²) in [6.07, 6.45) is 2.05. The zero-order valence-electron chi connectivity index (χ0n) is 16.6. The minimum absolute atomic E-state index is 0.0432. The van der Waals surface area contributed by atoms with Gasteiger partial charge in [-0.25, -0.2) is 4.39 Å². The number of hydrogen-bond donors (Lipinski definition) is 0. The molecule has 2 aliphatic rings. The molecule has 2 aromatic carbocycles. The van der Waals surface area contributed by atoms with Crippen LogP contribution in [0.2, 0.25) is 0 Å². The van der Waals surface area contributed by atoms with Crippen molar-refractivity contribution in [3.63, 3.8) is 0 Å². The molecule has 7 nitrogen and oxygen atoms in total. The van der Waals surface area contributed by atoms with Gasteiger partial charge in [-0.2, -0.15) is 0 Å². The molecule has 0 radical (unpaired) electrons. The highest BCUT2D eigenvalue weighted by Gasteiger charge is 2.23. The van der Waals surface area contributed by atoms with E-state index >= 15 is 0 Å². The number of thioether (sulfide) groups is 1. The van der Waals surface area contributed by atoms with Crippen molar-refractivity contribution in [1.82, 2.24) is 14.8 Å². The van der Waals surface area contributed by atoms with Gasteiger partial charge in [0, 0.05) is 17.7 Å². The maximum Gasteiger partial charge on any atom is 0.231 e. The van der Waals surface area contributed by atoms with Gasteiger partial charge >= 0.3 is 0 Å². The zero-order valence-corrected chi connectivity index (χ0v) is 17.4. The molecule has 0 saturated carbocycles. The summed E-state index contributed by atoms with van der Waals surface area (Å²) in [5.41, 5.74) is 1.32. The number of rotatable bonds is 7. The third kappa shape index (κ3) is 4.28. The first-order valence-corrected chi connectivity index (χ1v) is 11.0. The van der Waals surface area contributed by atoms with Crippen molar-refractivity contribution in [2.45, 2.75) is 30.6 Å². The van der Waals surface area contributed by atoms with Crippen molar-refractivity contribution in [2.24, 2.45) is 0 Å². The van der Waals surface area contributed by atoms with Gasteiger partial charge in [-0.15, -0.1) is 10.2 Å². The molecule has 0 amide bonds. The molecular formula is C22H20FN3O4S. The summed E-state index contributed by atoms with van der Waals surface area (Å²) in [4.78, 5) is 12.7. The predicted octanol–water partition coefficient (Wildman–Crippen LogP) is 3.97. The molecule has 0 aliphatic carbocycles. The van der Waals surface area contributed by atoms with Crippen LogP contribution in [0.15, 0.2) is 47.6 Å². The maximum absolute atomic E-state index is 13.4. The van der Waals surface area contributed by atoms with Crippen molar-refractivity contribution in [2.75, 3.05) is 19.2 Å². The third-order valence-electron chi connectivity index (χ3n) is 5.26. The van der Waals surface area contributed by atoms with Crippen LogP contribution in [0.25, 0.3) is 11.4 Å². The molecule has 1 fully saturated rings. The summed E-state index contributed by atoms with van der Waals surface area (Å²) in [6.45, 7) is 1.49. The van der Waals surface area contributed by atoms with Gasteiger partial charge in [-0.3, -0.25) is 9.36 Å². The van der Waals surface area contributed by atoms with Crippen LogP contribution in [-0.2, 0) is 11.3 Å². The van der Waals surface area contributed by atoms with E-state index in [2.05, 4.69) is 10.2 Å². The Kier molecular flexibility index (Phi) is 5.61. The maximum atomic E-state index is 13.4. The number of ether oxygens (including phenoxy) is 3. The highest BCUT2D eigenvalue weighted by molar-refractivity contribution is 7.99. The number of carbonyl (C=O) groups excluding carboxylic acids is 1. The van der Waals surface area contributed by atoms with Crippen LogP contribution in [0.3, 0.4) is 0 Å². The number of benzene rings is 2. The molecule has 3 heterocycles. The van der Waals surface area contributed by atoms with E-state index in [1.165, 1.54) is 23.9 Å². The number of halogens is 1. The minimum Gasteiger partial charge on any atom is -0.454 e. The van der Waals surface area contributed by atoms with Crippen LogP contribution >= 0.6 is 11.8 Å². The molecule has 0 spiro atoms. The van der Waals surface area contributed by atoms with E-state index in [1.54, 1.807) is 30.3 Å². The van der Waals surface area contributed by atoms with Crippen LogP contribution in [-0.4, -0.2) is 45.8 Å².